The largest absolute Gasteiger partial charge is 2.00 e. The molecule has 0 N–H and O–H groups in total. The maximum atomic E-state index is 6.50. The molecule has 47 heavy (non-hydrogen) atoms. The molecule has 0 aliphatic heterocycles. The topological polar surface area (TPSA) is 57.2 Å². The molecule has 0 fully saturated rings. The van der Waals surface area contributed by atoms with Gasteiger partial charge >= 0.3 is 21.1 Å². The summed E-state index contributed by atoms with van der Waals surface area (Å²) in [5.74, 6) is 2.82. The van der Waals surface area contributed by atoms with Gasteiger partial charge < -0.3 is 13.7 Å². The van der Waals surface area contributed by atoms with Crippen molar-refractivity contribution in [3.05, 3.63) is 138 Å². The van der Waals surface area contributed by atoms with E-state index in [1.54, 1.807) is 0 Å². The van der Waals surface area contributed by atoms with Gasteiger partial charge in [0.2, 0.25) is 0 Å². The average molecular weight is 789 g/mol. The zero-order valence-electron chi connectivity index (χ0n) is 25.9. The van der Waals surface area contributed by atoms with Crippen molar-refractivity contribution in [3.8, 4) is 28.4 Å². The van der Waals surface area contributed by atoms with Gasteiger partial charge in [0.1, 0.15) is 11.6 Å². The van der Waals surface area contributed by atoms with Crippen LogP contribution >= 0.6 is 0 Å². The van der Waals surface area contributed by atoms with Crippen molar-refractivity contribution >= 4 is 49.1 Å². The van der Waals surface area contributed by atoms with Crippen molar-refractivity contribution in [2.24, 2.45) is 0 Å². The van der Waals surface area contributed by atoms with Crippen LogP contribution in [0.15, 0.2) is 109 Å². The van der Waals surface area contributed by atoms with Crippen LogP contribution in [0.1, 0.15) is 17.0 Å². The Balaban J connectivity index is 0.00000324. The van der Waals surface area contributed by atoms with Crippen LogP contribution in [0, 0.1) is 32.9 Å². The Kier molecular flexibility index (Phi) is 6.92. The maximum absolute atomic E-state index is 6.50. The first-order valence-electron chi connectivity index (χ1n) is 15.3. The summed E-state index contributed by atoms with van der Waals surface area (Å²) in [5.41, 5.74) is 8.67. The van der Waals surface area contributed by atoms with Crippen molar-refractivity contribution < 1.29 is 25.8 Å². The normalized spacial score (nSPS) is 11.6. The molecule has 5 aromatic carbocycles. The Morgan fingerprint density at radius 3 is 2.17 bits per heavy atom. The third-order valence-corrected chi connectivity index (χ3v) is 8.93. The van der Waals surface area contributed by atoms with Crippen molar-refractivity contribution in [2.75, 3.05) is 0 Å². The number of pyridine rings is 2. The summed E-state index contributed by atoms with van der Waals surface area (Å²) in [7, 11) is 0. The number of rotatable bonds is 4. The van der Waals surface area contributed by atoms with Crippen LogP contribution in [-0.4, -0.2) is 24.1 Å². The summed E-state index contributed by atoms with van der Waals surface area (Å²) in [5, 5.41) is 14.3. The van der Waals surface area contributed by atoms with E-state index in [0.717, 1.165) is 60.8 Å². The van der Waals surface area contributed by atoms with Gasteiger partial charge in [-0.15, -0.1) is 34.8 Å². The smallest absolute Gasteiger partial charge is 0.503 e. The summed E-state index contributed by atoms with van der Waals surface area (Å²) >= 11 is 0. The van der Waals surface area contributed by atoms with Crippen LogP contribution in [0.25, 0.3) is 66.1 Å². The standard InChI is InChI=1S/C40H27N5O.Pt/c1-24-10-8-11-25(2)38(24)32-13-9-15-35-39(32)31-20-18-27(22-33(31)40-43-42-26(3)44(35)40)46-28-17-19-30-29-12-4-5-14-34(29)45(36(30)23-28)37-16-6-7-21-41-37;/h4-21H,1-3H3;/q-2;+2. The fourth-order valence-electron chi connectivity index (χ4n) is 6.96. The molecule has 7 heteroatoms. The van der Waals surface area contributed by atoms with Crippen molar-refractivity contribution in [3.63, 3.8) is 0 Å². The third-order valence-electron chi connectivity index (χ3n) is 8.93. The summed E-state index contributed by atoms with van der Waals surface area (Å²) in [4.78, 5) is 4.65. The van der Waals surface area contributed by atoms with Gasteiger partial charge in [-0.25, -0.2) is 4.98 Å². The van der Waals surface area contributed by atoms with Crippen LogP contribution in [0.5, 0.6) is 11.5 Å². The van der Waals surface area contributed by atoms with Crippen molar-refractivity contribution in [1.29, 1.82) is 0 Å². The number of nitrogens with zero attached hydrogens (tertiary/aromatic N) is 5. The number of ether oxygens (including phenoxy) is 1. The van der Waals surface area contributed by atoms with Gasteiger partial charge in [0.25, 0.3) is 0 Å². The summed E-state index contributed by atoms with van der Waals surface area (Å²) in [6.45, 7) is 6.33. The van der Waals surface area contributed by atoms with Gasteiger partial charge in [0, 0.05) is 28.7 Å². The Morgan fingerprint density at radius 1 is 0.638 bits per heavy atom. The van der Waals surface area contributed by atoms with E-state index in [4.69, 9.17) is 4.74 Å². The number of aromatic nitrogens is 5. The molecule has 4 aromatic heterocycles. The minimum atomic E-state index is 0. The molecule has 228 valence electrons. The molecular weight excluding hydrogens is 762 g/mol. The zero-order valence-corrected chi connectivity index (χ0v) is 28.1. The van der Waals surface area contributed by atoms with Crippen LogP contribution in [0.3, 0.4) is 0 Å². The van der Waals surface area contributed by atoms with E-state index in [0.29, 0.717) is 11.5 Å². The first kappa shape index (κ1) is 29.1. The molecule has 0 bridgehead atoms. The summed E-state index contributed by atoms with van der Waals surface area (Å²) in [6.07, 6.45) is 1.81. The van der Waals surface area contributed by atoms with Gasteiger partial charge in [0.05, 0.1) is 5.65 Å². The molecular formula is C40H27N5OPt. The minimum Gasteiger partial charge on any atom is -0.503 e. The summed E-state index contributed by atoms with van der Waals surface area (Å²) < 4.78 is 10.8. The number of hydrogen-bond acceptors (Lipinski definition) is 4. The van der Waals surface area contributed by atoms with Gasteiger partial charge in [0.15, 0.2) is 0 Å². The summed E-state index contributed by atoms with van der Waals surface area (Å²) in [6, 6.07) is 42.5. The quantitative estimate of drug-likeness (QED) is 0.132. The van der Waals surface area contributed by atoms with E-state index in [2.05, 4.69) is 117 Å². The fourth-order valence-corrected chi connectivity index (χ4v) is 6.96. The van der Waals surface area contributed by atoms with Crippen molar-refractivity contribution in [1.82, 2.24) is 24.1 Å². The van der Waals surface area contributed by atoms with Gasteiger partial charge in [-0.05, 0) is 78.1 Å². The van der Waals surface area contributed by atoms with E-state index in [-0.39, 0.29) is 21.1 Å². The first-order chi connectivity index (χ1) is 22.6. The average Bonchev–Trinajstić information content (AvgIpc) is 3.63. The van der Waals surface area contributed by atoms with Gasteiger partial charge in [-0.3, -0.25) is 0 Å². The molecule has 9 rings (SSSR count). The third kappa shape index (κ3) is 4.47. The van der Waals surface area contributed by atoms with Crippen LogP contribution in [0.4, 0.5) is 0 Å². The minimum absolute atomic E-state index is 0. The van der Waals surface area contributed by atoms with Crippen molar-refractivity contribution in [2.45, 2.75) is 20.8 Å². The second kappa shape index (κ2) is 11.2. The number of aryl methyl sites for hydroxylation is 3. The zero-order chi connectivity index (χ0) is 30.9. The van der Waals surface area contributed by atoms with Crippen LogP contribution in [0.2, 0.25) is 0 Å². The Morgan fingerprint density at radius 2 is 1.36 bits per heavy atom. The van der Waals surface area contributed by atoms with E-state index < -0.39 is 0 Å². The SMILES string of the molecule is Cc1cccc(C)c1-c1cccc2c1c1ccc(Oc3[c-]c4c(cc3)c3ccccc3n4-c3ccccn3)[c-]c1c1nnc(C)n21.[Pt+2]. The van der Waals surface area contributed by atoms with Gasteiger partial charge in [-0.2, -0.15) is 11.2 Å². The molecule has 0 aliphatic rings. The molecule has 9 aromatic rings. The number of hydrogen-bond donors (Lipinski definition) is 0. The van der Waals surface area contributed by atoms with Crippen LogP contribution in [-0.2, 0) is 21.1 Å². The molecule has 0 spiro atoms. The Labute approximate surface area is 285 Å². The molecule has 0 unspecified atom stereocenters. The molecule has 0 aliphatic carbocycles. The molecule has 0 radical (unpaired) electrons. The molecule has 0 amide bonds. The monoisotopic (exact) mass is 788 g/mol. The Bertz CT molecular complexity index is 2640. The molecule has 4 heterocycles. The molecule has 0 atom stereocenters. The van der Waals surface area contributed by atoms with E-state index >= 15 is 0 Å². The van der Waals surface area contributed by atoms with E-state index in [9.17, 15) is 0 Å². The van der Waals surface area contributed by atoms with E-state index in [1.165, 1.54) is 22.3 Å². The number of para-hydroxylation sites is 1. The number of benzene rings is 5. The predicted octanol–water partition coefficient (Wildman–Crippen LogP) is 9.51. The van der Waals surface area contributed by atoms with Crippen LogP contribution < -0.4 is 4.74 Å². The second-order valence-corrected chi connectivity index (χ2v) is 11.7. The fraction of sp³-hybridized carbons (Fsp3) is 0.0750. The second-order valence-electron chi connectivity index (χ2n) is 11.7. The molecule has 0 saturated carbocycles. The molecule has 6 nitrogen and oxygen atoms in total. The Hall–Kier alpha value is -5.32. The number of fused-ring (bicyclic) bond motifs is 9. The maximum Gasteiger partial charge on any atom is 2.00 e. The van der Waals surface area contributed by atoms with E-state index in [1.807, 2.05) is 49.5 Å². The first-order valence-corrected chi connectivity index (χ1v) is 15.3. The molecule has 0 saturated heterocycles. The predicted molar refractivity (Wildman–Crippen MR) is 184 cm³/mol. The van der Waals surface area contributed by atoms with Gasteiger partial charge in [-0.1, -0.05) is 77.0 Å².